The Morgan fingerprint density at radius 3 is 2.36 bits per heavy atom. The zero-order valence-electron chi connectivity index (χ0n) is 11.5. The molecule has 0 aliphatic carbocycles. The summed E-state index contributed by atoms with van der Waals surface area (Å²) in [5.74, 6) is -0.236. The van der Waals surface area contributed by atoms with Crippen molar-refractivity contribution in [3.05, 3.63) is 80.2 Å². The van der Waals surface area contributed by atoms with Crippen molar-refractivity contribution in [2.75, 3.05) is 6.61 Å². The second-order valence-corrected chi connectivity index (χ2v) is 5.52. The summed E-state index contributed by atoms with van der Waals surface area (Å²) in [7, 11) is 0. The molecule has 0 atom stereocenters. The Hall–Kier alpha value is -1.99. The van der Waals surface area contributed by atoms with E-state index in [0.29, 0.717) is 20.1 Å². The first-order valence-corrected chi connectivity index (χ1v) is 7.56. The number of carbonyl (C=O) groups excluding carboxylic acids is 1. The van der Waals surface area contributed by atoms with Crippen LogP contribution >= 0.6 is 22.6 Å². The van der Waals surface area contributed by atoms with E-state index >= 15 is 0 Å². The summed E-state index contributed by atoms with van der Waals surface area (Å²) >= 11 is 1.97. The van der Waals surface area contributed by atoms with Crippen LogP contribution in [0.3, 0.4) is 0 Å². The van der Waals surface area contributed by atoms with Gasteiger partial charge in [0.05, 0.1) is 8.96 Å². The van der Waals surface area contributed by atoms with Gasteiger partial charge in [-0.25, -0.2) is 0 Å². The average molecular weight is 408 g/mol. The summed E-state index contributed by atoms with van der Waals surface area (Å²) in [5, 5.41) is 9.08. The summed E-state index contributed by atoms with van der Waals surface area (Å²) in [6.07, 6.45) is 1.48. The quantitative estimate of drug-likeness (QED) is 0.522. The van der Waals surface area contributed by atoms with Crippen molar-refractivity contribution < 1.29 is 14.3 Å². The van der Waals surface area contributed by atoms with Crippen LogP contribution in [-0.4, -0.2) is 17.5 Å². The Kier molecular flexibility index (Phi) is 5.85. The van der Waals surface area contributed by atoms with E-state index in [9.17, 15) is 9.59 Å². The number of para-hydroxylation sites is 1. The maximum absolute atomic E-state index is 11.5. The summed E-state index contributed by atoms with van der Waals surface area (Å²) in [5.41, 5.74) is 1.24. The van der Waals surface area contributed by atoms with Crippen molar-refractivity contribution in [3.8, 4) is 0 Å². The number of ketones is 1. The van der Waals surface area contributed by atoms with Gasteiger partial charge in [0.25, 0.3) is 0 Å². The van der Waals surface area contributed by atoms with E-state index in [-0.39, 0.29) is 11.2 Å². The number of Topliss-reactive ketones (excluding diaryl/α,β-unsaturated/α-hetero) is 1. The van der Waals surface area contributed by atoms with Gasteiger partial charge < -0.3 is 9.52 Å². The Bertz CT molecular complexity index is 825. The van der Waals surface area contributed by atoms with Crippen LogP contribution in [0, 0.1) is 3.57 Å². The van der Waals surface area contributed by atoms with Crippen LogP contribution in [0.25, 0.3) is 11.0 Å². The fraction of sp³-hybridized carbons (Fsp3) is 0.0588. The van der Waals surface area contributed by atoms with Gasteiger partial charge in [-0.3, -0.25) is 9.59 Å². The third-order valence-corrected chi connectivity index (χ3v) is 3.62. The van der Waals surface area contributed by atoms with Gasteiger partial charge in [-0.2, -0.15) is 0 Å². The molecule has 22 heavy (non-hydrogen) atoms. The Morgan fingerprint density at radius 2 is 1.68 bits per heavy atom. The Balaban J connectivity index is 0.000000164. The number of aliphatic hydroxyl groups excluding tert-OH is 1. The van der Waals surface area contributed by atoms with Crippen LogP contribution in [0.15, 0.2) is 70.1 Å². The van der Waals surface area contributed by atoms with Crippen molar-refractivity contribution in [2.45, 2.75) is 0 Å². The molecular weight excluding hydrogens is 395 g/mol. The molecule has 1 N–H and O–H groups in total. The van der Waals surface area contributed by atoms with Gasteiger partial charge in [0.2, 0.25) is 5.43 Å². The fourth-order valence-electron chi connectivity index (χ4n) is 1.77. The molecule has 0 saturated carbocycles. The second kappa shape index (κ2) is 7.86. The third-order valence-electron chi connectivity index (χ3n) is 2.88. The van der Waals surface area contributed by atoms with Crippen molar-refractivity contribution >= 4 is 39.3 Å². The van der Waals surface area contributed by atoms with Crippen molar-refractivity contribution in [3.63, 3.8) is 0 Å². The molecule has 2 aromatic carbocycles. The minimum atomic E-state index is -0.413. The van der Waals surface area contributed by atoms with E-state index in [0.717, 1.165) is 0 Å². The number of rotatable bonds is 2. The fourth-order valence-corrected chi connectivity index (χ4v) is 2.19. The van der Waals surface area contributed by atoms with Gasteiger partial charge in [0.1, 0.15) is 18.5 Å². The van der Waals surface area contributed by atoms with Crippen LogP contribution in [0.1, 0.15) is 10.4 Å². The van der Waals surface area contributed by atoms with E-state index in [1.54, 1.807) is 36.4 Å². The molecule has 0 amide bonds. The maximum Gasteiger partial charge on any atom is 0.205 e. The highest BCUT2D eigenvalue weighted by atomic mass is 127. The van der Waals surface area contributed by atoms with E-state index < -0.39 is 6.61 Å². The normalized spacial score (nSPS) is 9.91. The molecule has 112 valence electrons. The standard InChI is InChI=1S/C9H5IO2.C8H8O2/c10-7-5-12-8-4-2-1-3-6(8)9(7)11;9-6-8(10)7-4-2-1-3-5-7/h1-5H;1-5,9H,6H2. The lowest BCUT2D eigenvalue weighted by Crippen LogP contribution is -2.03. The van der Waals surface area contributed by atoms with Crippen LogP contribution in [0.4, 0.5) is 0 Å². The minimum absolute atomic E-state index is 0.0393. The van der Waals surface area contributed by atoms with Crippen molar-refractivity contribution in [1.82, 2.24) is 0 Å². The molecule has 0 unspecified atom stereocenters. The predicted octanol–water partition coefficient (Wildman–Crippen LogP) is 3.26. The number of halogens is 1. The molecule has 0 spiro atoms. The highest BCUT2D eigenvalue weighted by molar-refractivity contribution is 14.1. The SMILES string of the molecule is O=C(CO)c1ccccc1.O=c1c(I)coc2ccccc12. The number of fused-ring (bicyclic) bond motifs is 1. The molecule has 0 saturated heterocycles. The number of hydrogen-bond donors (Lipinski definition) is 1. The first kappa shape index (κ1) is 16.4. The molecule has 0 aliphatic rings. The lowest BCUT2D eigenvalue weighted by Gasteiger charge is -1.94. The number of hydrogen-bond acceptors (Lipinski definition) is 4. The van der Waals surface area contributed by atoms with Gasteiger partial charge in [0, 0.05) is 5.56 Å². The van der Waals surface area contributed by atoms with Gasteiger partial charge in [-0.15, -0.1) is 0 Å². The van der Waals surface area contributed by atoms with Crippen LogP contribution < -0.4 is 5.43 Å². The van der Waals surface area contributed by atoms with E-state index in [1.165, 1.54) is 6.26 Å². The van der Waals surface area contributed by atoms with Gasteiger partial charge in [0.15, 0.2) is 5.78 Å². The minimum Gasteiger partial charge on any atom is -0.463 e. The first-order chi connectivity index (χ1) is 10.6. The van der Waals surface area contributed by atoms with E-state index in [2.05, 4.69) is 0 Å². The molecule has 4 nitrogen and oxygen atoms in total. The summed E-state index contributed by atoms with van der Waals surface area (Å²) in [6, 6.07) is 15.9. The molecule has 5 heteroatoms. The molecule has 0 bridgehead atoms. The molecule has 0 fully saturated rings. The first-order valence-electron chi connectivity index (χ1n) is 6.48. The molecular formula is C17H13IO4. The topological polar surface area (TPSA) is 67.5 Å². The summed E-state index contributed by atoms with van der Waals surface area (Å²) < 4.78 is 5.83. The smallest absolute Gasteiger partial charge is 0.205 e. The van der Waals surface area contributed by atoms with E-state index in [1.807, 2.05) is 40.8 Å². The largest absolute Gasteiger partial charge is 0.463 e. The van der Waals surface area contributed by atoms with Crippen molar-refractivity contribution in [2.24, 2.45) is 0 Å². The average Bonchev–Trinajstić information content (AvgIpc) is 2.59. The molecule has 3 rings (SSSR count). The number of benzene rings is 2. The van der Waals surface area contributed by atoms with Crippen LogP contribution in [-0.2, 0) is 0 Å². The second-order valence-electron chi connectivity index (χ2n) is 4.36. The highest BCUT2D eigenvalue weighted by Crippen LogP contribution is 2.10. The molecule has 3 aromatic rings. The van der Waals surface area contributed by atoms with Crippen LogP contribution in [0.5, 0.6) is 0 Å². The lowest BCUT2D eigenvalue weighted by molar-refractivity contribution is 0.0904. The molecule has 1 heterocycles. The monoisotopic (exact) mass is 408 g/mol. The number of aliphatic hydroxyl groups is 1. The molecule has 0 aliphatic heterocycles. The summed E-state index contributed by atoms with van der Waals surface area (Å²) in [4.78, 5) is 22.2. The zero-order valence-corrected chi connectivity index (χ0v) is 13.7. The van der Waals surface area contributed by atoms with E-state index in [4.69, 9.17) is 9.52 Å². The molecule has 1 aromatic heterocycles. The van der Waals surface area contributed by atoms with Gasteiger partial charge in [-0.1, -0.05) is 42.5 Å². The lowest BCUT2D eigenvalue weighted by atomic mass is 10.1. The maximum atomic E-state index is 11.5. The third kappa shape index (κ3) is 4.02. The number of carbonyl (C=O) groups is 1. The van der Waals surface area contributed by atoms with Gasteiger partial charge >= 0.3 is 0 Å². The highest BCUT2D eigenvalue weighted by Gasteiger charge is 2.02. The zero-order chi connectivity index (χ0) is 15.9. The van der Waals surface area contributed by atoms with Crippen molar-refractivity contribution in [1.29, 1.82) is 0 Å². The Labute approximate surface area is 140 Å². The Morgan fingerprint density at radius 1 is 1.05 bits per heavy atom. The molecule has 0 radical (unpaired) electrons. The summed E-state index contributed by atoms with van der Waals surface area (Å²) in [6.45, 7) is -0.413. The van der Waals surface area contributed by atoms with Crippen LogP contribution in [0.2, 0.25) is 0 Å². The predicted molar refractivity (Wildman–Crippen MR) is 93.1 cm³/mol. The van der Waals surface area contributed by atoms with Gasteiger partial charge in [-0.05, 0) is 34.7 Å².